The Kier molecular flexibility index (Phi) is 4.89. The van der Waals surface area contributed by atoms with E-state index in [0.29, 0.717) is 24.5 Å². The van der Waals surface area contributed by atoms with E-state index >= 15 is 0 Å². The van der Waals surface area contributed by atoms with Crippen molar-refractivity contribution in [1.29, 1.82) is 0 Å². The fourth-order valence-corrected chi connectivity index (χ4v) is 3.20. The highest BCUT2D eigenvalue weighted by atomic mass is 19.4. The van der Waals surface area contributed by atoms with Gasteiger partial charge in [0, 0.05) is 30.9 Å². The van der Waals surface area contributed by atoms with Crippen molar-refractivity contribution in [1.82, 2.24) is 10.3 Å². The first-order valence-corrected chi connectivity index (χ1v) is 8.40. The van der Waals surface area contributed by atoms with Crippen molar-refractivity contribution < 1.29 is 18.0 Å². The van der Waals surface area contributed by atoms with Crippen LogP contribution in [0.25, 0.3) is 0 Å². The minimum atomic E-state index is -4.39. The van der Waals surface area contributed by atoms with Crippen LogP contribution < -0.4 is 10.2 Å². The zero-order chi connectivity index (χ0) is 18.9. The van der Waals surface area contributed by atoms with Gasteiger partial charge in [-0.2, -0.15) is 13.2 Å². The molecule has 2 aromatic rings. The van der Waals surface area contributed by atoms with Crippen molar-refractivity contribution in [2.24, 2.45) is 0 Å². The van der Waals surface area contributed by atoms with Crippen molar-refractivity contribution in [3.63, 3.8) is 0 Å². The second-order valence-electron chi connectivity index (χ2n) is 6.68. The van der Waals surface area contributed by atoms with Gasteiger partial charge < -0.3 is 10.2 Å². The molecule has 1 aromatic heterocycles. The van der Waals surface area contributed by atoms with Crippen molar-refractivity contribution in [3.8, 4) is 0 Å². The number of pyridine rings is 1. The molecule has 7 heteroatoms. The minimum Gasteiger partial charge on any atom is -0.354 e. The molecule has 1 aliphatic rings. The predicted octanol–water partition coefficient (Wildman–Crippen LogP) is 3.73. The van der Waals surface area contributed by atoms with Gasteiger partial charge >= 0.3 is 6.18 Å². The summed E-state index contributed by atoms with van der Waals surface area (Å²) in [6.07, 6.45) is -2.82. The molecule has 0 spiro atoms. The van der Waals surface area contributed by atoms with Gasteiger partial charge in [0.15, 0.2) is 0 Å². The fourth-order valence-electron chi connectivity index (χ4n) is 3.20. The summed E-state index contributed by atoms with van der Waals surface area (Å²) in [7, 11) is 0. The minimum absolute atomic E-state index is 0.0626. The Morgan fingerprint density at radius 3 is 2.46 bits per heavy atom. The van der Waals surface area contributed by atoms with E-state index in [0.717, 1.165) is 29.8 Å². The first kappa shape index (κ1) is 18.2. The topological polar surface area (TPSA) is 45.2 Å². The maximum absolute atomic E-state index is 12.6. The average Bonchev–Trinajstić information content (AvgIpc) is 3.01. The molecule has 1 unspecified atom stereocenters. The van der Waals surface area contributed by atoms with Gasteiger partial charge in [0.1, 0.15) is 5.82 Å². The molecule has 1 saturated heterocycles. The number of nitrogens with zero attached hydrogens (tertiary/aromatic N) is 2. The van der Waals surface area contributed by atoms with Gasteiger partial charge in [-0.25, -0.2) is 4.98 Å². The van der Waals surface area contributed by atoms with Gasteiger partial charge in [0.05, 0.1) is 5.56 Å². The summed E-state index contributed by atoms with van der Waals surface area (Å²) in [5.74, 6) is 0.352. The van der Waals surface area contributed by atoms with Crippen LogP contribution in [0.4, 0.5) is 19.0 Å². The van der Waals surface area contributed by atoms with E-state index in [4.69, 9.17) is 0 Å². The lowest BCUT2D eigenvalue weighted by molar-refractivity contribution is -0.137. The van der Waals surface area contributed by atoms with Crippen LogP contribution in [0.3, 0.4) is 0 Å². The molecule has 0 aliphatic carbocycles. The molecule has 26 heavy (non-hydrogen) atoms. The number of aryl methyl sites for hydroxylation is 2. The monoisotopic (exact) mass is 363 g/mol. The van der Waals surface area contributed by atoms with Crippen LogP contribution in [0.1, 0.15) is 33.5 Å². The number of carbonyl (C=O) groups is 1. The number of halogens is 3. The summed E-state index contributed by atoms with van der Waals surface area (Å²) >= 11 is 0. The van der Waals surface area contributed by atoms with E-state index in [9.17, 15) is 18.0 Å². The van der Waals surface area contributed by atoms with Gasteiger partial charge in [0.25, 0.3) is 5.91 Å². The summed E-state index contributed by atoms with van der Waals surface area (Å²) in [6, 6.07) is 8.02. The number of alkyl halides is 3. The molecular weight excluding hydrogens is 343 g/mol. The molecule has 4 nitrogen and oxygen atoms in total. The standard InChI is InChI=1S/C19H20F3N3O/c1-12-7-13(2)9-14(8-12)18(26)24-16-5-6-25(11-16)17-4-3-15(10-23-17)19(20,21)22/h3-4,7-10,16H,5-6,11H2,1-2H3,(H,24,26). The first-order valence-electron chi connectivity index (χ1n) is 8.40. The second-order valence-corrected chi connectivity index (χ2v) is 6.68. The number of rotatable bonds is 3. The van der Waals surface area contributed by atoms with Crippen LogP contribution in [0.2, 0.25) is 0 Å². The van der Waals surface area contributed by atoms with E-state index in [1.165, 1.54) is 6.07 Å². The van der Waals surface area contributed by atoms with E-state index in [-0.39, 0.29) is 11.9 Å². The summed E-state index contributed by atoms with van der Waals surface area (Å²) in [5, 5.41) is 3.00. The molecular formula is C19H20F3N3O. The fraction of sp³-hybridized carbons (Fsp3) is 0.368. The third-order valence-corrected chi connectivity index (χ3v) is 4.41. The van der Waals surface area contributed by atoms with Crippen molar-refractivity contribution >= 4 is 11.7 Å². The van der Waals surface area contributed by atoms with E-state index in [2.05, 4.69) is 10.3 Å². The number of hydrogen-bond acceptors (Lipinski definition) is 3. The molecule has 1 fully saturated rings. The van der Waals surface area contributed by atoms with Gasteiger partial charge in [-0.3, -0.25) is 4.79 Å². The molecule has 1 amide bonds. The molecule has 1 atom stereocenters. The summed E-state index contributed by atoms with van der Waals surface area (Å²) < 4.78 is 37.9. The smallest absolute Gasteiger partial charge is 0.354 e. The highest BCUT2D eigenvalue weighted by Gasteiger charge is 2.31. The Bertz CT molecular complexity index is 782. The Hall–Kier alpha value is -2.57. The van der Waals surface area contributed by atoms with Crippen molar-refractivity contribution in [2.45, 2.75) is 32.5 Å². The molecule has 0 saturated carbocycles. The SMILES string of the molecule is Cc1cc(C)cc(C(=O)NC2CCN(c3ccc(C(F)(F)F)cn3)C2)c1. The third kappa shape index (κ3) is 4.15. The van der Waals surface area contributed by atoms with Gasteiger partial charge in [0.2, 0.25) is 0 Å². The summed E-state index contributed by atoms with van der Waals surface area (Å²) in [6.45, 7) is 5.04. The molecule has 1 aromatic carbocycles. The Labute approximate surface area is 150 Å². The van der Waals surface area contributed by atoms with E-state index < -0.39 is 11.7 Å². The Morgan fingerprint density at radius 2 is 1.88 bits per heavy atom. The quantitative estimate of drug-likeness (QED) is 0.904. The lowest BCUT2D eigenvalue weighted by Crippen LogP contribution is -2.37. The summed E-state index contributed by atoms with van der Waals surface area (Å²) in [4.78, 5) is 18.2. The van der Waals surface area contributed by atoms with Crippen LogP contribution in [0.15, 0.2) is 36.5 Å². The highest BCUT2D eigenvalue weighted by Crippen LogP contribution is 2.29. The maximum atomic E-state index is 12.6. The molecule has 138 valence electrons. The molecule has 1 N–H and O–H groups in total. The van der Waals surface area contributed by atoms with Crippen LogP contribution in [0.5, 0.6) is 0 Å². The Morgan fingerprint density at radius 1 is 1.19 bits per heavy atom. The molecule has 1 aliphatic heterocycles. The number of benzene rings is 1. The third-order valence-electron chi connectivity index (χ3n) is 4.41. The van der Waals surface area contributed by atoms with E-state index in [1.54, 1.807) is 0 Å². The Balaban J connectivity index is 1.62. The molecule has 0 radical (unpaired) electrons. The van der Waals surface area contributed by atoms with Gasteiger partial charge in [-0.1, -0.05) is 17.2 Å². The maximum Gasteiger partial charge on any atom is 0.417 e. The number of hydrogen-bond donors (Lipinski definition) is 1. The normalized spacial score (nSPS) is 17.4. The van der Waals surface area contributed by atoms with E-state index in [1.807, 2.05) is 36.9 Å². The van der Waals surface area contributed by atoms with Crippen LogP contribution in [-0.4, -0.2) is 30.0 Å². The van der Waals surface area contributed by atoms with Crippen molar-refractivity contribution in [2.75, 3.05) is 18.0 Å². The lowest BCUT2D eigenvalue weighted by atomic mass is 10.1. The number of aromatic nitrogens is 1. The number of amides is 1. The molecule has 3 rings (SSSR count). The largest absolute Gasteiger partial charge is 0.417 e. The van der Waals surface area contributed by atoms with Gasteiger partial charge in [-0.05, 0) is 44.5 Å². The van der Waals surface area contributed by atoms with Crippen LogP contribution >= 0.6 is 0 Å². The highest BCUT2D eigenvalue weighted by molar-refractivity contribution is 5.94. The number of anilines is 1. The molecule has 2 heterocycles. The zero-order valence-electron chi connectivity index (χ0n) is 14.6. The first-order chi connectivity index (χ1) is 12.2. The van der Waals surface area contributed by atoms with Crippen molar-refractivity contribution in [3.05, 3.63) is 58.8 Å². The zero-order valence-corrected chi connectivity index (χ0v) is 14.6. The number of carbonyl (C=O) groups excluding carboxylic acids is 1. The van der Waals surface area contributed by atoms with Gasteiger partial charge in [-0.15, -0.1) is 0 Å². The lowest BCUT2D eigenvalue weighted by Gasteiger charge is -2.18. The summed E-state index contributed by atoms with van der Waals surface area (Å²) in [5.41, 5.74) is 1.91. The van der Waals surface area contributed by atoms with Crippen LogP contribution in [-0.2, 0) is 6.18 Å². The average molecular weight is 363 g/mol. The second kappa shape index (κ2) is 6.97. The molecule has 0 bridgehead atoms. The number of nitrogens with one attached hydrogen (secondary N) is 1. The van der Waals surface area contributed by atoms with Crippen LogP contribution in [0, 0.1) is 13.8 Å². The predicted molar refractivity (Wildman–Crippen MR) is 93.2 cm³/mol.